The summed E-state index contributed by atoms with van der Waals surface area (Å²) in [6.45, 7) is 1.13. The van der Waals surface area contributed by atoms with Gasteiger partial charge in [0.1, 0.15) is 5.82 Å². The third-order valence-electron chi connectivity index (χ3n) is 5.17. The van der Waals surface area contributed by atoms with Crippen LogP contribution < -0.4 is 10.2 Å². The molecule has 0 saturated heterocycles. The van der Waals surface area contributed by atoms with Gasteiger partial charge < -0.3 is 15.3 Å². The molecule has 178 valence electrons. The number of hydrogen-bond acceptors (Lipinski definition) is 4. The lowest BCUT2D eigenvalue weighted by Gasteiger charge is -2.35. The van der Waals surface area contributed by atoms with Gasteiger partial charge in [0.05, 0.1) is 17.1 Å². The first-order valence-corrected chi connectivity index (χ1v) is 10.4. The second-order valence-corrected chi connectivity index (χ2v) is 7.95. The van der Waals surface area contributed by atoms with E-state index in [1.165, 1.54) is 50.5 Å². The number of Topliss-reactive ketones (excluding diaryl/α,β-unsaturated/α-hetero) is 1. The van der Waals surface area contributed by atoms with Crippen LogP contribution in [-0.4, -0.2) is 53.3 Å². The van der Waals surface area contributed by atoms with E-state index in [0.29, 0.717) is 4.90 Å². The smallest absolute Gasteiger partial charge is 0.323 e. The highest BCUT2D eigenvalue weighted by Crippen LogP contribution is 2.34. The number of carbonyl (C=O) groups is 4. The van der Waals surface area contributed by atoms with Crippen LogP contribution in [0, 0.1) is 11.6 Å². The van der Waals surface area contributed by atoms with Gasteiger partial charge in [-0.25, -0.2) is 13.6 Å². The van der Waals surface area contributed by atoms with E-state index in [0.717, 1.165) is 11.0 Å². The number of hydrogen-bond donors (Lipinski definition) is 2. The third-order valence-corrected chi connectivity index (χ3v) is 5.46. The number of nitrogens with zero attached hydrogens (tertiary/aromatic N) is 2. The number of carbonyl (C=O) groups excluding carboxylic acids is 3. The molecule has 34 heavy (non-hydrogen) atoms. The topological polar surface area (TPSA) is 107 Å². The van der Waals surface area contributed by atoms with Gasteiger partial charge in [-0.1, -0.05) is 29.8 Å². The van der Waals surface area contributed by atoms with Crippen LogP contribution in [0.4, 0.5) is 19.3 Å². The van der Waals surface area contributed by atoms with Gasteiger partial charge in [0, 0.05) is 30.9 Å². The van der Waals surface area contributed by atoms with Crippen molar-refractivity contribution in [3.8, 4) is 11.1 Å². The molecule has 2 aromatic rings. The molecular formula is C23H20ClF2N3O5. The van der Waals surface area contributed by atoms with Crippen LogP contribution in [0.2, 0.25) is 5.02 Å². The number of benzene rings is 2. The van der Waals surface area contributed by atoms with Crippen LogP contribution in [0.3, 0.4) is 0 Å². The molecule has 0 aromatic heterocycles. The Hall–Kier alpha value is -3.79. The molecule has 0 saturated carbocycles. The van der Waals surface area contributed by atoms with E-state index in [1.54, 1.807) is 0 Å². The van der Waals surface area contributed by atoms with Gasteiger partial charge in [-0.15, -0.1) is 0 Å². The fourth-order valence-electron chi connectivity index (χ4n) is 3.49. The van der Waals surface area contributed by atoms with E-state index >= 15 is 4.39 Å². The molecule has 0 aliphatic carbocycles. The normalized spacial score (nSPS) is 15.7. The Bertz CT molecular complexity index is 1220. The van der Waals surface area contributed by atoms with Crippen LogP contribution in [0.15, 0.2) is 48.2 Å². The molecule has 1 aliphatic heterocycles. The molecule has 8 nitrogen and oxygen atoms in total. The molecule has 1 atom stereocenters. The summed E-state index contributed by atoms with van der Waals surface area (Å²) in [4.78, 5) is 51.5. The van der Waals surface area contributed by atoms with E-state index in [4.69, 9.17) is 16.7 Å². The van der Waals surface area contributed by atoms with E-state index in [9.17, 15) is 23.6 Å². The highest BCUT2D eigenvalue weighted by atomic mass is 35.5. The van der Waals surface area contributed by atoms with E-state index in [2.05, 4.69) is 5.32 Å². The van der Waals surface area contributed by atoms with Crippen molar-refractivity contribution in [2.24, 2.45) is 0 Å². The summed E-state index contributed by atoms with van der Waals surface area (Å²) in [7, 11) is 1.39. The first-order chi connectivity index (χ1) is 16.0. The predicted molar refractivity (Wildman–Crippen MR) is 120 cm³/mol. The monoisotopic (exact) mass is 491 g/mol. The number of amides is 3. The average molecular weight is 492 g/mol. The maximum absolute atomic E-state index is 15.8. The maximum atomic E-state index is 15.8. The average Bonchev–Trinajstić information content (AvgIpc) is 2.77. The summed E-state index contributed by atoms with van der Waals surface area (Å²) in [5.74, 6) is -4.35. The van der Waals surface area contributed by atoms with Crippen molar-refractivity contribution in [2.45, 2.75) is 19.4 Å². The molecule has 0 radical (unpaired) electrons. The second-order valence-electron chi connectivity index (χ2n) is 7.54. The molecule has 2 aromatic carbocycles. The van der Waals surface area contributed by atoms with E-state index in [-0.39, 0.29) is 28.3 Å². The number of nitrogens with one attached hydrogen (secondary N) is 1. The minimum Gasteiger partial charge on any atom is -0.481 e. The number of aliphatic carboxylic acids is 1. The molecule has 0 spiro atoms. The Morgan fingerprint density at radius 2 is 1.91 bits per heavy atom. The van der Waals surface area contributed by atoms with Gasteiger partial charge in [0.2, 0.25) is 0 Å². The quantitative estimate of drug-likeness (QED) is 0.600. The number of likely N-dealkylation sites (N-methyl/N-ethyl adjacent to an activating group) is 1. The summed E-state index contributed by atoms with van der Waals surface area (Å²) in [6, 6.07) is 4.75. The van der Waals surface area contributed by atoms with Gasteiger partial charge in [-0.05, 0) is 30.7 Å². The SMILES string of the molecule is CC1=CN(C)C(=O)C(N(C(=O)NCCC(=O)O)c2cccc(-c3ccc(F)c(Cl)c3)c2F)C1=O. The number of urea groups is 1. The van der Waals surface area contributed by atoms with Crippen molar-refractivity contribution < 1.29 is 33.1 Å². The number of ketones is 1. The molecular weight excluding hydrogens is 472 g/mol. The fourth-order valence-corrected chi connectivity index (χ4v) is 3.67. The maximum Gasteiger partial charge on any atom is 0.323 e. The van der Waals surface area contributed by atoms with Crippen molar-refractivity contribution in [1.82, 2.24) is 10.2 Å². The van der Waals surface area contributed by atoms with Crippen LogP contribution in [-0.2, 0) is 14.4 Å². The number of carboxylic acid groups (broad SMARTS) is 1. The van der Waals surface area contributed by atoms with Gasteiger partial charge in [-0.2, -0.15) is 0 Å². The van der Waals surface area contributed by atoms with Crippen molar-refractivity contribution in [3.63, 3.8) is 0 Å². The minimum atomic E-state index is -1.72. The van der Waals surface area contributed by atoms with Crippen molar-refractivity contribution >= 4 is 41.0 Å². The molecule has 3 amide bonds. The zero-order chi connectivity index (χ0) is 25.2. The van der Waals surface area contributed by atoms with Crippen LogP contribution in [0.25, 0.3) is 11.1 Å². The van der Waals surface area contributed by atoms with E-state index in [1.807, 2.05) is 0 Å². The Labute approximate surface area is 198 Å². The van der Waals surface area contributed by atoms with E-state index < -0.39 is 53.5 Å². The molecule has 0 bridgehead atoms. The Morgan fingerprint density at radius 1 is 1.21 bits per heavy atom. The summed E-state index contributed by atoms with van der Waals surface area (Å²) >= 11 is 5.82. The van der Waals surface area contributed by atoms with Gasteiger partial charge in [-0.3, -0.25) is 19.3 Å². The predicted octanol–water partition coefficient (Wildman–Crippen LogP) is 3.59. The standard InChI is InChI=1S/C23H20ClF2N3O5/c1-12-11-28(2)22(33)20(21(12)32)29(23(34)27-9-8-18(30)31)17-5-3-4-14(19(17)26)13-6-7-16(25)15(24)10-13/h3-7,10-11,20H,8-9H2,1-2H3,(H,27,34)(H,30,31). The highest BCUT2D eigenvalue weighted by molar-refractivity contribution is 6.31. The number of halogens is 3. The lowest BCUT2D eigenvalue weighted by molar-refractivity contribution is -0.137. The van der Waals surface area contributed by atoms with Crippen LogP contribution >= 0.6 is 11.6 Å². The lowest BCUT2D eigenvalue weighted by Crippen LogP contribution is -2.58. The molecule has 3 rings (SSSR count). The van der Waals surface area contributed by atoms with Gasteiger partial charge in [0.25, 0.3) is 5.91 Å². The summed E-state index contributed by atoms with van der Waals surface area (Å²) in [5, 5.41) is 10.9. The summed E-state index contributed by atoms with van der Waals surface area (Å²) < 4.78 is 29.3. The van der Waals surface area contributed by atoms with Gasteiger partial charge >= 0.3 is 12.0 Å². The minimum absolute atomic E-state index is 0.0564. The largest absolute Gasteiger partial charge is 0.481 e. The second kappa shape index (κ2) is 10.0. The molecule has 1 unspecified atom stereocenters. The Kier molecular flexibility index (Phi) is 7.31. The van der Waals surface area contributed by atoms with Crippen LogP contribution in [0.5, 0.6) is 0 Å². The lowest BCUT2D eigenvalue weighted by atomic mass is 9.98. The first-order valence-electron chi connectivity index (χ1n) is 10.0. The molecule has 1 heterocycles. The zero-order valence-electron chi connectivity index (χ0n) is 18.1. The van der Waals surface area contributed by atoms with Crippen molar-refractivity contribution in [2.75, 3.05) is 18.5 Å². The first kappa shape index (κ1) is 24.8. The highest BCUT2D eigenvalue weighted by Gasteiger charge is 2.42. The molecule has 2 N–H and O–H groups in total. The molecule has 11 heteroatoms. The van der Waals surface area contributed by atoms with Crippen molar-refractivity contribution in [1.29, 1.82) is 0 Å². The number of anilines is 1. The number of rotatable bonds is 6. The fraction of sp³-hybridized carbons (Fsp3) is 0.217. The Balaban J connectivity index is 2.13. The van der Waals surface area contributed by atoms with Gasteiger partial charge in [0.15, 0.2) is 17.6 Å². The Morgan fingerprint density at radius 3 is 2.56 bits per heavy atom. The summed E-state index contributed by atoms with van der Waals surface area (Å²) in [5.41, 5.74) is -0.0940. The molecule has 1 aliphatic rings. The third kappa shape index (κ3) is 4.91. The number of carboxylic acids is 1. The van der Waals surface area contributed by atoms with Crippen LogP contribution in [0.1, 0.15) is 13.3 Å². The zero-order valence-corrected chi connectivity index (χ0v) is 18.9. The summed E-state index contributed by atoms with van der Waals surface area (Å²) in [6.07, 6.45) is 0.872. The van der Waals surface area contributed by atoms with Crippen molar-refractivity contribution in [3.05, 3.63) is 64.8 Å². The molecule has 0 fully saturated rings.